The van der Waals surface area contributed by atoms with Crippen molar-refractivity contribution >= 4 is 24.1 Å². The second-order valence-electron chi connectivity index (χ2n) is 9.11. The van der Waals surface area contributed by atoms with Crippen LogP contribution in [0.1, 0.15) is 91.0 Å². The lowest BCUT2D eigenvalue weighted by Crippen LogP contribution is -2.37. The third-order valence-corrected chi connectivity index (χ3v) is 5.40. The average molecular weight is 538 g/mol. The van der Waals surface area contributed by atoms with Crippen molar-refractivity contribution in [1.29, 1.82) is 0 Å². The van der Waals surface area contributed by atoms with Crippen LogP contribution in [0.3, 0.4) is 0 Å². The minimum absolute atomic E-state index is 0.0788. The zero-order chi connectivity index (χ0) is 28.3. The maximum absolute atomic E-state index is 12.5. The molecule has 1 rings (SSSR count). The maximum Gasteiger partial charge on any atom is 0.508 e. The van der Waals surface area contributed by atoms with E-state index in [1.165, 1.54) is 12.1 Å². The van der Waals surface area contributed by atoms with E-state index in [2.05, 4.69) is 0 Å². The van der Waals surface area contributed by atoms with E-state index < -0.39 is 36.2 Å². The quantitative estimate of drug-likeness (QED) is 0.154. The predicted octanol–water partition coefficient (Wildman–Crippen LogP) is 5.02. The van der Waals surface area contributed by atoms with Gasteiger partial charge in [0, 0.05) is 12.8 Å². The van der Waals surface area contributed by atoms with E-state index in [9.17, 15) is 19.2 Å². The minimum Gasteiger partial charge on any atom is -0.458 e. The van der Waals surface area contributed by atoms with Crippen molar-refractivity contribution in [2.75, 3.05) is 13.2 Å². The number of esters is 3. The van der Waals surface area contributed by atoms with Gasteiger partial charge in [0.1, 0.15) is 18.8 Å². The third kappa shape index (κ3) is 14.0. The Labute approximate surface area is 225 Å². The van der Waals surface area contributed by atoms with Crippen LogP contribution in [0.25, 0.3) is 0 Å². The van der Waals surface area contributed by atoms with Gasteiger partial charge in [0.25, 0.3) is 0 Å². The van der Waals surface area contributed by atoms with Crippen LogP contribution < -0.4 is 15.2 Å². The molecular formula is C28H43NO9. The zero-order valence-corrected chi connectivity index (χ0v) is 23.1. The monoisotopic (exact) mass is 537 g/mol. The summed E-state index contributed by atoms with van der Waals surface area (Å²) in [7, 11) is 0. The normalized spacial score (nSPS) is 12.2. The van der Waals surface area contributed by atoms with Crippen molar-refractivity contribution in [2.24, 2.45) is 5.73 Å². The van der Waals surface area contributed by atoms with Gasteiger partial charge in [-0.05, 0) is 50.3 Å². The summed E-state index contributed by atoms with van der Waals surface area (Å²) in [6.07, 6.45) is 4.75. The number of benzene rings is 1. The van der Waals surface area contributed by atoms with E-state index in [-0.39, 0.29) is 44.0 Å². The number of unbranched alkanes of at least 4 members (excludes halogenated alkanes) is 4. The molecule has 1 aromatic carbocycles. The van der Waals surface area contributed by atoms with E-state index in [0.717, 1.165) is 32.1 Å². The molecule has 214 valence electrons. The first-order valence-electron chi connectivity index (χ1n) is 13.5. The van der Waals surface area contributed by atoms with Crippen LogP contribution in [0.4, 0.5) is 4.79 Å². The Bertz CT molecular complexity index is 887. The Morgan fingerprint density at radius 2 is 1.42 bits per heavy atom. The highest BCUT2D eigenvalue weighted by Crippen LogP contribution is 2.30. The highest BCUT2D eigenvalue weighted by Gasteiger charge is 2.21. The lowest BCUT2D eigenvalue weighted by Gasteiger charge is -2.17. The summed E-state index contributed by atoms with van der Waals surface area (Å²) >= 11 is 0. The van der Waals surface area contributed by atoms with Gasteiger partial charge in [0.15, 0.2) is 11.5 Å². The van der Waals surface area contributed by atoms with Crippen LogP contribution in [0.15, 0.2) is 18.2 Å². The van der Waals surface area contributed by atoms with Gasteiger partial charge in [0.05, 0.1) is 6.61 Å². The van der Waals surface area contributed by atoms with E-state index in [4.69, 9.17) is 29.4 Å². The number of hydrogen-bond donors (Lipinski definition) is 1. The summed E-state index contributed by atoms with van der Waals surface area (Å²) in [6, 6.07) is 3.66. The second kappa shape index (κ2) is 19.0. The summed E-state index contributed by atoms with van der Waals surface area (Å²) in [5.74, 6) is -1.34. The van der Waals surface area contributed by atoms with Crippen LogP contribution in [0.5, 0.6) is 11.5 Å². The van der Waals surface area contributed by atoms with Crippen LogP contribution in [-0.2, 0) is 35.0 Å². The number of carbonyl (C=O) groups excluding carboxylic acids is 4. The van der Waals surface area contributed by atoms with Crippen molar-refractivity contribution < 1.29 is 42.9 Å². The fraction of sp³-hybridized carbons (Fsp3) is 0.643. The number of carbonyl (C=O) groups is 4. The van der Waals surface area contributed by atoms with E-state index >= 15 is 0 Å². The summed E-state index contributed by atoms with van der Waals surface area (Å²) in [5, 5.41) is 0. The van der Waals surface area contributed by atoms with Gasteiger partial charge in [0.2, 0.25) is 0 Å². The van der Waals surface area contributed by atoms with Crippen LogP contribution >= 0.6 is 0 Å². The van der Waals surface area contributed by atoms with Gasteiger partial charge in [-0.3, -0.25) is 14.4 Å². The minimum atomic E-state index is -1.03. The molecule has 0 aromatic heterocycles. The summed E-state index contributed by atoms with van der Waals surface area (Å²) in [6.45, 7) is 7.66. The van der Waals surface area contributed by atoms with Gasteiger partial charge in [-0.25, -0.2) is 4.79 Å². The van der Waals surface area contributed by atoms with Gasteiger partial charge >= 0.3 is 24.1 Å². The molecule has 0 bridgehead atoms. The SMILES string of the molecule is CCCCCOC(=O)OC[C@H](C)OC(=O)[C@@H](N)Cc1ccc(OC(=O)CCCC)c(OC(=O)CCCC)c1. The Hall–Kier alpha value is -3.14. The number of rotatable bonds is 18. The molecule has 0 fully saturated rings. The number of ether oxygens (including phenoxy) is 5. The Kier molecular flexibility index (Phi) is 16.4. The Morgan fingerprint density at radius 1 is 0.816 bits per heavy atom. The molecule has 10 heteroatoms. The second-order valence-corrected chi connectivity index (χ2v) is 9.11. The fourth-order valence-corrected chi connectivity index (χ4v) is 3.22. The molecule has 38 heavy (non-hydrogen) atoms. The molecule has 10 nitrogen and oxygen atoms in total. The van der Waals surface area contributed by atoms with Gasteiger partial charge in [-0.15, -0.1) is 0 Å². The van der Waals surface area contributed by atoms with E-state index in [1.807, 2.05) is 20.8 Å². The fourth-order valence-electron chi connectivity index (χ4n) is 3.22. The standard InChI is InChI=1S/C28H43NO9/c1-5-8-11-16-34-28(33)35-19-20(4)36-27(32)22(29)17-21-14-15-23(37-25(30)12-9-6-2)24(18-21)38-26(31)13-10-7-3/h14-15,18,20,22H,5-13,16-17,19,29H2,1-4H3/t20-,22-/m0/s1. The molecule has 2 atom stereocenters. The summed E-state index contributed by atoms with van der Waals surface area (Å²) in [5.41, 5.74) is 6.62. The third-order valence-electron chi connectivity index (χ3n) is 5.40. The van der Waals surface area contributed by atoms with Crippen molar-refractivity contribution in [2.45, 2.75) is 104 Å². The zero-order valence-electron chi connectivity index (χ0n) is 23.1. The highest BCUT2D eigenvalue weighted by molar-refractivity contribution is 5.77. The first-order chi connectivity index (χ1) is 18.2. The smallest absolute Gasteiger partial charge is 0.458 e. The van der Waals surface area contributed by atoms with Gasteiger partial charge in [-0.2, -0.15) is 0 Å². The molecule has 0 heterocycles. The summed E-state index contributed by atoms with van der Waals surface area (Å²) < 4.78 is 26.1. The average Bonchev–Trinajstić information content (AvgIpc) is 2.88. The lowest BCUT2D eigenvalue weighted by molar-refractivity contribution is -0.152. The van der Waals surface area contributed by atoms with Crippen LogP contribution in [-0.4, -0.2) is 49.4 Å². The topological polar surface area (TPSA) is 140 Å². The first kappa shape index (κ1) is 32.9. The molecule has 0 saturated carbocycles. The molecule has 1 aromatic rings. The van der Waals surface area contributed by atoms with E-state index in [1.54, 1.807) is 13.0 Å². The molecule has 0 aliphatic rings. The first-order valence-corrected chi connectivity index (χ1v) is 13.5. The van der Waals surface area contributed by atoms with Crippen molar-refractivity contribution in [1.82, 2.24) is 0 Å². The molecule has 0 aliphatic heterocycles. The van der Waals surface area contributed by atoms with Gasteiger partial charge in [-0.1, -0.05) is 52.5 Å². The van der Waals surface area contributed by atoms with E-state index in [0.29, 0.717) is 18.4 Å². The van der Waals surface area contributed by atoms with Crippen molar-refractivity contribution in [3.63, 3.8) is 0 Å². The number of nitrogens with two attached hydrogens (primary N) is 1. The molecule has 0 aliphatic carbocycles. The molecule has 2 N–H and O–H groups in total. The largest absolute Gasteiger partial charge is 0.508 e. The van der Waals surface area contributed by atoms with Crippen molar-refractivity contribution in [3.8, 4) is 11.5 Å². The molecule has 0 radical (unpaired) electrons. The number of hydrogen-bond acceptors (Lipinski definition) is 10. The van der Waals surface area contributed by atoms with Crippen LogP contribution in [0.2, 0.25) is 0 Å². The molecule has 0 unspecified atom stereocenters. The Balaban J connectivity index is 2.73. The summed E-state index contributed by atoms with van der Waals surface area (Å²) in [4.78, 5) is 48.4. The van der Waals surface area contributed by atoms with Gasteiger partial charge < -0.3 is 29.4 Å². The Morgan fingerprint density at radius 3 is 2.03 bits per heavy atom. The molecule has 0 saturated heterocycles. The molecular weight excluding hydrogens is 494 g/mol. The highest BCUT2D eigenvalue weighted by atomic mass is 16.7. The van der Waals surface area contributed by atoms with Crippen LogP contribution in [0, 0.1) is 0 Å². The lowest BCUT2D eigenvalue weighted by atomic mass is 10.1. The maximum atomic E-state index is 12.5. The molecule has 0 spiro atoms. The molecule has 0 amide bonds. The van der Waals surface area contributed by atoms with Crippen molar-refractivity contribution in [3.05, 3.63) is 23.8 Å². The predicted molar refractivity (Wildman–Crippen MR) is 141 cm³/mol.